The summed E-state index contributed by atoms with van der Waals surface area (Å²) in [6.45, 7) is 4.39. The molecule has 2 aromatic heterocycles. The predicted octanol–water partition coefficient (Wildman–Crippen LogP) is 5.60. The lowest BCUT2D eigenvalue weighted by Gasteiger charge is -2.19. The molecule has 10 heteroatoms. The summed E-state index contributed by atoms with van der Waals surface area (Å²) in [5, 5.41) is 2.47. The van der Waals surface area contributed by atoms with E-state index >= 15 is 4.39 Å². The van der Waals surface area contributed by atoms with E-state index in [2.05, 4.69) is 10.3 Å². The van der Waals surface area contributed by atoms with E-state index in [4.69, 9.17) is 4.74 Å². The highest BCUT2D eigenvalue weighted by Crippen LogP contribution is 2.28. The largest absolute Gasteiger partial charge is 0.462 e. The van der Waals surface area contributed by atoms with Crippen LogP contribution < -0.4 is 10.7 Å². The van der Waals surface area contributed by atoms with Gasteiger partial charge in [-0.05, 0) is 32.4 Å². The second kappa shape index (κ2) is 9.80. The van der Waals surface area contributed by atoms with Crippen LogP contribution in [0.1, 0.15) is 41.4 Å². The number of carbonyl (C=O) groups is 1. The summed E-state index contributed by atoms with van der Waals surface area (Å²) in [6.07, 6.45) is 0.931. The van der Waals surface area contributed by atoms with Crippen LogP contribution in [0.15, 0.2) is 53.5 Å². The van der Waals surface area contributed by atoms with Crippen LogP contribution in [-0.4, -0.2) is 22.1 Å². The molecular formula is C26H21F4N3O3. The maximum Gasteiger partial charge on any atom is 0.343 e. The Kier molecular flexibility index (Phi) is 6.78. The SMILES string of the molecule is CCOC(=O)c1cn(-c2nc(NC(C)c3ccccc3)c(F)cc2F)c2c(C)c(F)c(F)cc2c1=O. The number of halogens is 4. The summed E-state index contributed by atoms with van der Waals surface area (Å²) < 4.78 is 64.3. The maximum absolute atomic E-state index is 15.1. The first kappa shape index (κ1) is 24.9. The number of fused-ring (bicyclic) bond motifs is 1. The zero-order valence-electron chi connectivity index (χ0n) is 19.5. The predicted molar refractivity (Wildman–Crippen MR) is 126 cm³/mol. The average Bonchev–Trinajstić information content (AvgIpc) is 2.85. The Hall–Kier alpha value is -4.21. The first-order valence-electron chi connectivity index (χ1n) is 11.0. The lowest BCUT2D eigenvalue weighted by Crippen LogP contribution is -2.22. The van der Waals surface area contributed by atoms with Gasteiger partial charge in [-0.2, -0.15) is 0 Å². The van der Waals surface area contributed by atoms with Gasteiger partial charge in [0.25, 0.3) is 0 Å². The standard InChI is InChI=1S/C26H21F4N3O3/c1-4-36-26(35)17-12-33(22-13(2)21(30)18(27)10-16(22)23(17)34)25-20(29)11-19(28)24(32-25)31-14(3)15-8-6-5-7-9-15/h5-12,14H,4H2,1-3H3,(H,31,32). The number of benzene rings is 2. The van der Waals surface area contributed by atoms with E-state index in [0.29, 0.717) is 12.1 Å². The third-order valence-electron chi connectivity index (χ3n) is 5.70. The average molecular weight is 499 g/mol. The Morgan fingerprint density at radius 1 is 1.08 bits per heavy atom. The number of esters is 1. The van der Waals surface area contributed by atoms with E-state index in [0.717, 1.165) is 16.3 Å². The highest BCUT2D eigenvalue weighted by atomic mass is 19.2. The summed E-state index contributed by atoms with van der Waals surface area (Å²) in [7, 11) is 0. The van der Waals surface area contributed by atoms with E-state index in [1.165, 1.54) is 13.8 Å². The molecule has 186 valence electrons. The molecule has 1 atom stereocenters. The van der Waals surface area contributed by atoms with Crippen LogP contribution in [0.2, 0.25) is 0 Å². The fourth-order valence-electron chi connectivity index (χ4n) is 3.90. The van der Waals surface area contributed by atoms with Crippen molar-refractivity contribution in [3.63, 3.8) is 0 Å². The quantitative estimate of drug-likeness (QED) is 0.276. The Balaban J connectivity index is 1.98. The number of anilines is 1. The number of ether oxygens (including phenoxy) is 1. The molecule has 0 aliphatic carbocycles. The van der Waals surface area contributed by atoms with Gasteiger partial charge in [-0.1, -0.05) is 30.3 Å². The van der Waals surface area contributed by atoms with Crippen molar-refractivity contribution in [2.24, 2.45) is 0 Å². The van der Waals surface area contributed by atoms with Gasteiger partial charge in [0, 0.05) is 17.8 Å². The molecule has 36 heavy (non-hydrogen) atoms. The number of pyridine rings is 2. The second-order valence-electron chi connectivity index (χ2n) is 8.06. The highest BCUT2D eigenvalue weighted by Gasteiger charge is 2.24. The van der Waals surface area contributed by atoms with E-state index in [-0.39, 0.29) is 23.5 Å². The third-order valence-corrected chi connectivity index (χ3v) is 5.70. The molecule has 4 aromatic rings. The monoisotopic (exact) mass is 499 g/mol. The van der Waals surface area contributed by atoms with Crippen LogP contribution in [0.4, 0.5) is 23.4 Å². The van der Waals surface area contributed by atoms with Crippen molar-refractivity contribution in [2.75, 3.05) is 11.9 Å². The normalized spacial score (nSPS) is 12.0. The van der Waals surface area contributed by atoms with Gasteiger partial charge < -0.3 is 10.1 Å². The Bertz CT molecular complexity index is 1540. The molecule has 2 aromatic carbocycles. The Morgan fingerprint density at radius 3 is 2.44 bits per heavy atom. The van der Waals surface area contributed by atoms with Crippen molar-refractivity contribution in [3.05, 3.63) is 98.8 Å². The summed E-state index contributed by atoms with van der Waals surface area (Å²) in [6, 6.07) is 9.80. The highest BCUT2D eigenvalue weighted by molar-refractivity contribution is 5.95. The minimum Gasteiger partial charge on any atom is -0.462 e. The number of rotatable bonds is 6. The number of nitrogens with one attached hydrogen (secondary N) is 1. The number of hydrogen-bond acceptors (Lipinski definition) is 5. The molecule has 0 spiro atoms. The topological polar surface area (TPSA) is 73.2 Å². The van der Waals surface area contributed by atoms with Gasteiger partial charge in [0.15, 0.2) is 34.9 Å². The first-order valence-corrected chi connectivity index (χ1v) is 11.0. The number of aryl methyl sites for hydroxylation is 1. The van der Waals surface area contributed by atoms with Crippen LogP contribution >= 0.6 is 0 Å². The van der Waals surface area contributed by atoms with Crippen LogP contribution in [-0.2, 0) is 4.74 Å². The van der Waals surface area contributed by atoms with E-state index < -0.39 is 57.5 Å². The van der Waals surface area contributed by atoms with Gasteiger partial charge in [0.1, 0.15) is 5.56 Å². The fourth-order valence-corrected chi connectivity index (χ4v) is 3.90. The number of hydrogen-bond donors (Lipinski definition) is 1. The van der Waals surface area contributed by atoms with Crippen molar-refractivity contribution < 1.29 is 27.1 Å². The summed E-state index contributed by atoms with van der Waals surface area (Å²) >= 11 is 0. The summed E-state index contributed by atoms with van der Waals surface area (Å²) in [5.74, 6) is -6.65. The molecule has 2 heterocycles. The zero-order valence-corrected chi connectivity index (χ0v) is 19.5. The van der Waals surface area contributed by atoms with Crippen LogP contribution in [0.5, 0.6) is 0 Å². The van der Waals surface area contributed by atoms with Gasteiger partial charge in [-0.25, -0.2) is 27.3 Å². The fraction of sp³-hybridized carbons (Fsp3) is 0.192. The van der Waals surface area contributed by atoms with Crippen LogP contribution in [0.3, 0.4) is 0 Å². The number of nitrogens with zero attached hydrogens (tertiary/aromatic N) is 2. The van der Waals surface area contributed by atoms with Gasteiger partial charge >= 0.3 is 5.97 Å². The first-order chi connectivity index (χ1) is 17.1. The molecule has 6 nitrogen and oxygen atoms in total. The smallest absolute Gasteiger partial charge is 0.343 e. The Labute approximate surface area is 203 Å². The minimum atomic E-state index is -1.32. The van der Waals surface area contributed by atoms with Crippen molar-refractivity contribution >= 4 is 22.7 Å². The third kappa shape index (κ3) is 4.41. The van der Waals surface area contributed by atoms with Crippen molar-refractivity contribution in [1.29, 1.82) is 0 Å². The van der Waals surface area contributed by atoms with E-state index in [9.17, 15) is 22.8 Å². The van der Waals surface area contributed by atoms with Gasteiger partial charge in [-0.15, -0.1) is 0 Å². The number of aromatic nitrogens is 2. The van der Waals surface area contributed by atoms with E-state index in [1.807, 2.05) is 18.2 Å². The lowest BCUT2D eigenvalue weighted by molar-refractivity contribution is 0.0524. The Morgan fingerprint density at radius 2 is 1.78 bits per heavy atom. The minimum absolute atomic E-state index is 0.0677. The van der Waals surface area contributed by atoms with Crippen LogP contribution in [0.25, 0.3) is 16.7 Å². The molecule has 1 N–H and O–H groups in total. The molecule has 0 aliphatic rings. The molecule has 0 radical (unpaired) electrons. The summed E-state index contributed by atoms with van der Waals surface area (Å²) in [5.41, 5.74) is -1.23. The van der Waals surface area contributed by atoms with Crippen LogP contribution in [0, 0.1) is 30.2 Å². The molecule has 0 amide bonds. The maximum atomic E-state index is 15.1. The van der Waals surface area contributed by atoms with Crippen molar-refractivity contribution in [3.8, 4) is 5.82 Å². The zero-order chi connectivity index (χ0) is 26.1. The van der Waals surface area contributed by atoms with Gasteiger partial charge in [0.05, 0.1) is 23.6 Å². The number of carbonyl (C=O) groups excluding carboxylic acids is 1. The van der Waals surface area contributed by atoms with Crippen molar-refractivity contribution in [2.45, 2.75) is 26.8 Å². The lowest BCUT2D eigenvalue weighted by atomic mass is 10.1. The van der Waals surface area contributed by atoms with E-state index in [1.54, 1.807) is 19.1 Å². The van der Waals surface area contributed by atoms with Gasteiger partial charge in [-0.3, -0.25) is 9.36 Å². The molecule has 0 aliphatic heterocycles. The molecule has 0 saturated carbocycles. The molecule has 4 rings (SSSR count). The molecule has 0 bridgehead atoms. The van der Waals surface area contributed by atoms with Crippen molar-refractivity contribution in [1.82, 2.24) is 9.55 Å². The molecule has 1 unspecified atom stereocenters. The van der Waals surface area contributed by atoms with Gasteiger partial charge in [0.2, 0.25) is 5.43 Å². The molecule has 0 saturated heterocycles. The molecule has 0 fully saturated rings. The second-order valence-corrected chi connectivity index (χ2v) is 8.06. The molecular weight excluding hydrogens is 478 g/mol. The summed E-state index contributed by atoms with van der Waals surface area (Å²) in [4.78, 5) is 29.5.